The van der Waals surface area contributed by atoms with E-state index in [1.54, 1.807) is 34.1 Å². The summed E-state index contributed by atoms with van der Waals surface area (Å²) in [5.41, 5.74) is 2.15. The van der Waals surface area contributed by atoms with Crippen molar-refractivity contribution in [3.8, 4) is 17.0 Å². The molecule has 2 amide bonds. The Morgan fingerprint density at radius 2 is 1.76 bits per heavy atom. The van der Waals surface area contributed by atoms with Gasteiger partial charge in [0.25, 0.3) is 0 Å². The Hall–Kier alpha value is -4.33. The van der Waals surface area contributed by atoms with Gasteiger partial charge in [0.05, 0.1) is 7.11 Å². The molecule has 4 aromatic rings. The number of carbonyl (C=O) groups is 2. The second kappa shape index (κ2) is 10.7. The van der Waals surface area contributed by atoms with Crippen molar-refractivity contribution >= 4 is 28.6 Å². The van der Waals surface area contributed by atoms with Crippen LogP contribution in [0, 0.1) is 0 Å². The van der Waals surface area contributed by atoms with Crippen LogP contribution in [0.2, 0.25) is 0 Å². The molecule has 0 saturated carbocycles. The highest BCUT2D eigenvalue weighted by molar-refractivity contribution is 5.97. The van der Waals surface area contributed by atoms with Crippen molar-refractivity contribution in [3.05, 3.63) is 78.6 Å². The van der Waals surface area contributed by atoms with Crippen LogP contribution in [0.3, 0.4) is 0 Å². The number of amides is 2. The van der Waals surface area contributed by atoms with Crippen molar-refractivity contribution in [3.63, 3.8) is 0 Å². The maximum Gasteiger partial charge on any atom is 0.408 e. The molecule has 1 atom stereocenters. The zero-order chi connectivity index (χ0) is 26.6. The first-order valence-corrected chi connectivity index (χ1v) is 12.1. The van der Waals surface area contributed by atoms with E-state index < -0.39 is 17.7 Å². The SMILES string of the molecule is COc1ccc(C[C@H](NC(=O)OC(C)(C)C)C(=O)Nc2ccc(-c3ccc4cnccc4c3)n2C)cc1. The van der Waals surface area contributed by atoms with E-state index in [4.69, 9.17) is 9.47 Å². The van der Waals surface area contributed by atoms with Gasteiger partial charge in [0, 0.05) is 36.9 Å². The second-order valence-electron chi connectivity index (χ2n) is 9.84. The van der Waals surface area contributed by atoms with Crippen LogP contribution in [0.4, 0.5) is 10.6 Å². The van der Waals surface area contributed by atoms with Crippen LogP contribution in [0.1, 0.15) is 26.3 Å². The minimum atomic E-state index is -0.852. The van der Waals surface area contributed by atoms with E-state index in [-0.39, 0.29) is 12.3 Å². The molecule has 2 N–H and O–H groups in total. The third kappa shape index (κ3) is 6.46. The lowest BCUT2D eigenvalue weighted by Gasteiger charge is -2.23. The van der Waals surface area contributed by atoms with Crippen LogP contribution in [0.5, 0.6) is 5.75 Å². The molecular formula is C29H32N4O4. The van der Waals surface area contributed by atoms with Crippen molar-refractivity contribution in [1.29, 1.82) is 0 Å². The summed E-state index contributed by atoms with van der Waals surface area (Å²) in [7, 11) is 3.49. The number of benzene rings is 2. The van der Waals surface area contributed by atoms with Gasteiger partial charge in [0.1, 0.15) is 23.2 Å². The van der Waals surface area contributed by atoms with E-state index in [0.29, 0.717) is 11.6 Å². The predicted molar refractivity (Wildman–Crippen MR) is 145 cm³/mol. The largest absolute Gasteiger partial charge is 0.497 e. The van der Waals surface area contributed by atoms with Crippen LogP contribution < -0.4 is 15.4 Å². The standard InChI is InChI=1S/C29H32N4O4/c1-29(2,3)37-28(35)31-24(16-19-6-10-23(36-5)11-7-19)27(34)32-26-13-12-25(33(26)4)21-8-9-22-18-30-15-14-20(22)17-21/h6-15,17-18,24H,16H2,1-5H3,(H,31,35)(H,32,34)/t24-/m0/s1. The summed E-state index contributed by atoms with van der Waals surface area (Å²) in [6.07, 6.45) is 3.23. The van der Waals surface area contributed by atoms with Gasteiger partial charge in [-0.25, -0.2) is 4.79 Å². The molecule has 0 spiro atoms. The van der Waals surface area contributed by atoms with E-state index in [9.17, 15) is 9.59 Å². The minimum absolute atomic E-state index is 0.283. The number of hydrogen-bond donors (Lipinski definition) is 2. The highest BCUT2D eigenvalue weighted by Crippen LogP contribution is 2.27. The topological polar surface area (TPSA) is 94.5 Å². The van der Waals surface area contributed by atoms with Crippen molar-refractivity contribution in [2.45, 2.75) is 38.8 Å². The highest BCUT2D eigenvalue weighted by atomic mass is 16.6. The van der Waals surface area contributed by atoms with E-state index in [1.165, 1.54) is 0 Å². The summed E-state index contributed by atoms with van der Waals surface area (Å²) in [4.78, 5) is 30.1. The number of nitrogens with zero attached hydrogens (tertiary/aromatic N) is 2. The lowest BCUT2D eigenvalue weighted by Crippen LogP contribution is -2.47. The Labute approximate surface area is 216 Å². The van der Waals surface area contributed by atoms with Gasteiger partial charge in [-0.3, -0.25) is 9.78 Å². The zero-order valence-corrected chi connectivity index (χ0v) is 21.7. The molecule has 192 valence electrons. The predicted octanol–water partition coefficient (Wildman–Crippen LogP) is 5.32. The molecule has 8 heteroatoms. The smallest absolute Gasteiger partial charge is 0.408 e. The maximum absolute atomic E-state index is 13.4. The van der Waals surface area contributed by atoms with Crippen molar-refractivity contribution in [1.82, 2.24) is 14.9 Å². The van der Waals surface area contributed by atoms with Crippen LogP contribution >= 0.6 is 0 Å². The van der Waals surface area contributed by atoms with Gasteiger partial charge in [-0.05, 0) is 73.7 Å². The van der Waals surface area contributed by atoms with Crippen LogP contribution in [0.15, 0.2) is 73.1 Å². The summed E-state index contributed by atoms with van der Waals surface area (Å²) in [6.45, 7) is 5.33. The van der Waals surface area contributed by atoms with Crippen LogP contribution in [-0.4, -0.2) is 40.3 Å². The molecule has 0 bridgehead atoms. The molecule has 2 aromatic heterocycles. The third-order valence-corrected chi connectivity index (χ3v) is 5.92. The average Bonchev–Trinajstić information content (AvgIpc) is 3.22. The van der Waals surface area contributed by atoms with Crippen LogP contribution in [-0.2, 0) is 23.0 Å². The van der Waals surface area contributed by atoms with E-state index in [2.05, 4.69) is 21.7 Å². The summed E-state index contributed by atoms with van der Waals surface area (Å²) in [5.74, 6) is 0.978. The van der Waals surface area contributed by atoms with Gasteiger partial charge in [-0.2, -0.15) is 0 Å². The van der Waals surface area contributed by atoms with E-state index >= 15 is 0 Å². The van der Waals surface area contributed by atoms with Gasteiger partial charge >= 0.3 is 6.09 Å². The molecule has 37 heavy (non-hydrogen) atoms. The maximum atomic E-state index is 13.4. The van der Waals surface area contributed by atoms with Gasteiger partial charge in [-0.15, -0.1) is 0 Å². The van der Waals surface area contributed by atoms with Gasteiger partial charge in [0.15, 0.2) is 0 Å². The molecule has 0 aliphatic rings. The summed E-state index contributed by atoms with van der Waals surface area (Å²) in [5, 5.41) is 7.84. The molecule has 0 unspecified atom stereocenters. The minimum Gasteiger partial charge on any atom is -0.497 e. The number of pyridine rings is 1. The first kappa shape index (κ1) is 25.8. The average molecular weight is 501 g/mol. The molecule has 0 aliphatic carbocycles. The molecule has 4 rings (SSSR count). The fourth-order valence-electron chi connectivity index (χ4n) is 4.04. The summed E-state index contributed by atoms with van der Waals surface area (Å²) < 4.78 is 12.5. The molecule has 0 saturated heterocycles. The monoisotopic (exact) mass is 500 g/mol. The molecule has 8 nitrogen and oxygen atoms in total. The number of anilines is 1. The fraction of sp³-hybridized carbons (Fsp3) is 0.276. The Balaban J connectivity index is 1.55. The number of hydrogen-bond acceptors (Lipinski definition) is 5. The second-order valence-corrected chi connectivity index (χ2v) is 9.84. The molecule has 0 radical (unpaired) electrons. The summed E-state index contributed by atoms with van der Waals surface area (Å²) >= 11 is 0. The number of rotatable bonds is 7. The Bertz CT molecular complexity index is 1400. The van der Waals surface area contributed by atoms with Crippen molar-refractivity contribution < 1.29 is 19.1 Å². The molecule has 0 fully saturated rings. The lowest BCUT2D eigenvalue weighted by atomic mass is 10.1. The number of alkyl carbamates (subject to hydrolysis) is 1. The lowest BCUT2D eigenvalue weighted by molar-refractivity contribution is -0.118. The number of aromatic nitrogens is 2. The third-order valence-electron chi connectivity index (χ3n) is 5.92. The van der Waals surface area contributed by atoms with E-state index in [0.717, 1.165) is 27.6 Å². The summed E-state index contributed by atoms with van der Waals surface area (Å²) in [6, 6.07) is 18.4. The van der Waals surface area contributed by atoms with Gasteiger partial charge in [0.2, 0.25) is 5.91 Å². The number of fused-ring (bicyclic) bond motifs is 1. The molecule has 2 heterocycles. The first-order chi connectivity index (χ1) is 17.6. The zero-order valence-electron chi connectivity index (χ0n) is 21.7. The normalized spacial score (nSPS) is 12.1. The van der Waals surface area contributed by atoms with Gasteiger partial charge in [-0.1, -0.05) is 24.3 Å². The van der Waals surface area contributed by atoms with E-state index in [1.807, 2.05) is 72.4 Å². The Morgan fingerprint density at radius 3 is 2.46 bits per heavy atom. The number of ether oxygens (including phenoxy) is 2. The fourth-order valence-corrected chi connectivity index (χ4v) is 4.04. The number of methoxy groups -OCH3 is 1. The number of nitrogens with one attached hydrogen (secondary N) is 2. The quantitative estimate of drug-likeness (QED) is 0.358. The van der Waals surface area contributed by atoms with Crippen LogP contribution in [0.25, 0.3) is 22.0 Å². The highest BCUT2D eigenvalue weighted by Gasteiger charge is 2.25. The number of carbonyl (C=O) groups excluding carboxylic acids is 2. The van der Waals surface area contributed by atoms with Gasteiger partial charge < -0.3 is 24.7 Å². The van der Waals surface area contributed by atoms with Crippen molar-refractivity contribution in [2.75, 3.05) is 12.4 Å². The Morgan fingerprint density at radius 1 is 1.00 bits per heavy atom. The molecule has 0 aliphatic heterocycles. The molecular weight excluding hydrogens is 468 g/mol. The van der Waals surface area contributed by atoms with Crippen molar-refractivity contribution in [2.24, 2.45) is 7.05 Å². The first-order valence-electron chi connectivity index (χ1n) is 12.1. The Kier molecular flexibility index (Phi) is 7.47. The molecule has 2 aromatic carbocycles.